The number of carbonyl (C=O) groups is 1. The number of methoxy groups -OCH3 is 2. The number of carbonyl (C=O) groups excluding carboxylic acids is 1. The molecule has 8 nitrogen and oxygen atoms in total. The number of benzene rings is 1. The lowest BCUT2D eigenvalue weighted by molar-refractivity contribution is 0.0499. The molecule has 0 bridgehead atoms. The maximum Gasteiger partial charge on any atom is 0.408 e. The van der Waals surface area contributed by atoms with E-state index >= 15 is 0 Å². The fourth-order valence-electron chi connectivity index (χ4n) is 2.05. The van der Waals surface area contributed by atoms with Gasteiger partial charge >= 0.3 is 6.09 Å². The van der Waals surface area contributed by atoms with Crippen LogP contribution in [0.5, 0.6) is 11.5 Å². The Morgan fingerprint density at radius 3 is 2.48 bits per heavy atom. The van der Waals surface area contributed by atoms with Crippen molar-refractivity contribution in [2.24, 2.45) is 0 Å². The van der Waals surface area contributed by atoms with Gasteiger partial charge in [0.25, 0.3) is 0 Å². The molecule has 0 radical (unpaired) electrons. The Kier molecular flexibility index (Phi) is 5.51. The number of ether oxygens (including phenoxy) is 3. The zero-order chi connectivity index (χ0) is 18.6. The van der Waals surface area contributed by atoms with Crippen LogP contribution in [0.1, 0.15) is 39.6 Å². The minimum absolute atomic E-state index is 0.274. The molecule has 25 heavy (non-hydrogen) atoms. The lowest BCUT2D eigenvalue weighted by atomic mass is 10.2. The zero-order valence-corrected chi connectivity index (χ0v) is 15.2. The van der Waals surface area contributed by atoms with Gasteiger partial charge in [-0.2, -0.15) is 4.98 Å². The maximum absolute atomic E-state index is 11.8. The van der Waals surface area contributed by atoms with Crippen molar-refractivity contribution in [1.29, 1.82) is 0 Å². The third-order valence-corrected chi connectivity index (χ3v) is 3.19. The van der Waals surface area contributed by atoms with E-state index in [1.807, 2.05) is 0 Å². The number of aromatic nitrogens is 2. The summed E-state index contributed by atoms with van der Waals surface area (Å²) in [5, 5.41) is 6.60. The van der Waals surface area contributed by atoms with Crippen LogP contribution in [0.25, 0.3) is 11.4 Å². The molecule has 0 unspecified atom stereocenters. The second-order valence-corrected chi connectivity index (χ2v) is 6.39. The third-order valence-electron chi connectivity index (χ3n) is 3.19. The summed E-state index contributed by atoms with van der Waals surface area (Å²) in [5.74, 6) is 1.82. The second-order valence-electron chi connectivity index (χ2n) is 6.39. The molecule has 1 aromatic heterocycles. The number of hydrogen-bond acceptors (Lipinski definition) is 7. The van der Waals surface area contributed by atoms with Gasteiger partial charge in [-0.15, -0.1) is 0 Å². The topological polar surface area (TPSA) is 95.7 Å². The van der Waals surface area contributed by atoms with Gasteiger partial charge in [0, 0.05) is 5.56 Å². The van der Waals surface area contributed by atoms with E-state index < -0.39 is 17.7 Å². The first kappa shape index (κ1) is 18.6. The van der Waals surface area contributed by atoms with Crippen LogP contribution >= 0.6 is 0 Å². The van der Waals surface area contributed by atoms with Crippen molar-refractivity contribution in [3.63, 3.8) is 0 Å². The van der Waals surface area contributed by atoms with Gasteiger partial charge in [-0.1, -0.05) is 5.16 Å². The van der Waals surface area contributed by atoms with Crippen LogP contribution in [0.15, 0.2) is 22.7 Å². The maximum atomic E-state index is 11.8. The number of hydrogen-bond donors (Lipinski definition) is 1. The van der Waals surface area contributed by atoms with Crippen LogP contribution in [-0.2, 0) is 4.74 Å². The zero-order valence-electron chi connectivity index (χ0n) is 15.2. The molecule has 0 fully saturated rings. The van der Waals surface area contributed by atoms with Crippen molar-refractivity contribution in [2.45, 2.75) is 39.3 Å². The van der Waals surface area contributed by atoms with Gasteiger partial charge in [0.05, 0.1) is 14.2 Å². The van der Waals surface area contributed by atoms with Crippen LogP contribution in [0, 0.1) is 0 Å². The first-order chi connectivity index (χ1) is 11.7. The smallest absolute Gasteiger partial charge is 0.408 e. The number of alkyl carbamates (subject to hydrolysis) is 1. The SMILES string of the molecule is COc1ccc(-c2noc([C@@H](C)NC(=O)OC(C)(C)C)n2)cc1OC. The molecular weight excluding hydrogens is 326 g/mol. The number of rotatable bonds is 5. The Labute approximate surface area is 146 Å². The number of nitrogens with one attached hydrogen (secondary N) is 1. The first-order valence-electron chi connectivity index (χ1n) is 7.79. The average molecular weight is 349 g/mol. The summed E-state index contributed by atoms with van der Waals surface area (Å²) in [6, 6.07) is 4.81. The molecule has 8 heteroatoms. The van der Waals surface area contributed by atoms with E-state index in [0.29, 0.717) is 22.9 Å². The first-order valence-corrected chi connectivity index (χ1v) is 7.79. The monoisotopic (exact) mass is 349 g/mol. The molecule has 1 heterocycles. The largest absolute Gasteiger partial charge is 0.493 e. The standard InChI is InChI=1S/C17H23N3O5/c1-10(18-16(21)24-17(2,3)4)15-19-14(20-25-15)11-7-8-12(22-5)13(9-11)23-6/h7-10H,1-6H3,(H,18,21)/t10-/m1/s1. The predicted octanol–water partition coefficient (Wildman–Crippen LogP) is 3.34. The molecule has 0 saturated heterocycles. The molecule has 0 saturated carbocycles. The molecule has 2 rings (SSSR count). The number of amides is 1. The van der Waals surface area contributed by atoms with E-state index in [1.54, 1.807) is 60.1 Å². The van der Waals surface area contributed by atoms with Crippen LogP contribution in [0.3, 0.4) is 0 Å². The minimum Gasteiger partial charge on any atom is -0.493 e. The average Bonchev–Trinajstić information content (AvgIpc) is 3.02. The van der Waals surface area contributed by atoms with Crippen LogP contribution in [0.2, 0.25) is 0 Å². The molecule has 0 aliphatic rings. The van der Waals surface area contributed by atoms with Gasteiger partial charge in [0.2, 0.25) is 11.7 Å². The Balaban J connectivity index is 2.13. The molecule has 1 amide bonds. The molecule has 1 aromatic carbocycles. The molecular formula is C17H23N3O5. The van der Waals surface area contributed by atoms with Crippen molar-refractivity contribution in [3.8, 4) is 22.9 Å². The highest BCUT2D eigenvalue weighted by atomic mass is 16.6. The van der Waals surface area contributed by atoms with Crippen molar-refractivity contribution in [1.82, 2.24) is 15.5 Å². The fourth-order valence-corrected chi connectivity index (χ4v) is 2.05. The lowest BCUT2D eigenvalue weighted by Crippen LogP contribution is -2.34. The van der Waals surface area contributed by atoms with Gasteiger partial charge in [-0.3, -0.25) is 0 Å². The van der Waals surface area contributed by atoms with Crippen molar-refractivity contribution < 1.29 is 23.5 Å². The Hall–Kier alpha value is -2.77. The quantitative estimate of drug-likeness (QED) is 0.884. The molecule has 1 N–H and O–H groups in total. The van der Waals surface area contributed by atoms with E-state index in [9.17, 15) is 4.79 Å². The minimum atomic E-state index is -0.580. The highest BCUT2D eigenvalue weighted by Crippen LogP contribution is 2.31. The molecule has 136 valence electrons. The molecule has 1 atom stereocenters. The second kappa shape index (κ2) is 7.42. The van der Waals surface area contributed by atoms with Crippen LogP contribution in [0.4, 0.5) is 4.79 Å². The highest BCUT2D eigenvalue weighted by Gasteiger charge is 2.22. The van der Waals surface area contributed by atoms with E-state index in [4.69, 9.17) is 18.7 Å². The van der Waals surface area contributed by atoms with Crippen molar-refractivity contribution in [2.75, 3.05) is 14.2 Å². The summed E-state index contributed by atoms with van der Waals surface area (Å²) in [5.41, 5.74) is 0.126. The van der Waals surface area contributed by atoms with Gasteiger partial charge in [-0.05, 0) is 45.9 Å². The van der Waals surface area contributed by atoms with E-state index in [0.717, 1.165) is 0 Å². The van der Waals surface area contributed by atoms with Crippen molar-refractivity contribution >= 4 is 6.09 Å². The summed E-state index contributed by atoms with van der Waals surface area (Å²) in [6.07, 6.45) is -0.550. The van der Waals surface area contributed by atoms with Gasteiger partial charge < -0.3 is 24.1 Å². The predicted molar refractivity (Wildman–Crippen MR) is 90.6 cm³/mol. The Morgan fingerprint density at radius 2 is 1.88 bits per heavy atom. The molecule has 0 aliphatic heterocycles. The summed E-state index contributed by atoms with van der Waals surface area (Å²) < 4.78 is 20.9. The van der Waals surface area contributed by atoms with Gasteiger partial charge in [0.15, 0.2) is 11.5 Å². The fraction of sp³-hybridized carbons (Fsp3) is 0.471. The molecule has 0 spiro atoms. The molecule has 2 aromatic rings. The Bertz CT molecular complexity index is 736. The normalized spacial score (nSPS) is 12.4. The summed E-state index contributed by atoms with van der Waals surface area (Å²) in [6.45, 7) is 7.10. The van der Waals surface area contributed by atoms with E-state index in [1.165, 1.54) is 0 Å². The number of nitrogens with zero attached hydrogens (tertiary/aromatic N) is 2. The summed E-state index contributed by atoms with van der Waals surface area (Å²) in [4.78, 5) is 16.1. The third kappa shape index (κ3) is 4.85. The highest BCUT2D eigenvalue weighted by molar-refractivity contribution is 5.68. The van der Waals surface area contributed by atoms with E-state index in [2.05, 4.69) is 15.5 Å². The van der Waals surface area contributed by atoms with Gasteiger partial charge in [-0.25, -0.2) is 4.79 Å². The lowest BCUT2D eigenvalue weighted by Gasteiger charge is -2.20. The van der Waals surface area contributed by atoms with Gasteiger partial charge in [0.1, 0.15) is 11.6 Å². The summed E-state index contributed by atoms with van der Waals surface area (Å²) in [7, 11) is 3.12. The summed E-state index contributed by atoms with van der Waals surface area (Å²) >= 11 is 0. The van der Waals surface area contributed by atoms with Crippen molar-refractivity contribution in [3.05, 3.63) is 24.1 Å². The Morgan fingerprint density at radius 1 is 1.20 bits per heavy atom. The van der Waals surface area contributed by atoms with Crippen LogP contribution in [-0.4, -0.2) is 36.1 Å². The molecule has 0 aliphatic carbocycles. The van der Waals surface area contributed by atoms with Crippen LogP contribution < -0.4 is 14.8 Å². The van der Waals surface area contributed by atoms with E-state index in [-0.39, 0.29) is 5.89 Å².